The number of aryl methyl sites for hydroxylation is 2. The summed E-state index contributed by atoms with van der Waals surface area (Å²) in [5.74, 6) is 0. The van der Waals surface area contributed by atoms with Gasteiger partial charge in [-0.05, 0) is 36.6 Å². The van der Waals surface area contributed by atoms with E-state index in [2.05, 4.69) is 42.0 Å². The maximum absolute atomic E-state index is 4.04. The third-order valence-electron chi connectivity index (χ3n) is 1.99. The lowest BCUT2D eigenvalue weighted by molar-refractivity contribution is 1.11. The summed E-state index contributed by atoms with van der Waals surface area (Å²) in [5, 5.41) is 0. The normalized spacial score (nSPS) is 9.15. The summed E-state index contributed by atoms with van der Waals surface area (Å²) in [6.07, 6.45) is 1.07. The molecule has 0 N–H and O–H groups in total. The zero-order valence-electron chi connectivity index (χ0n) is 8.33. The Morgan fingerprint density at radius 1 is 1.38 bits per heavy atom. The van der Waals surface area contributed by atoms with Gasteiger partial charge in [0.25, 0.3) is 0 Å². The molecule has 68 valence electrons. The number of hydrogen-bond donors (Lipinski definition) is 0. The minimum Gasteiger partial charge on any atom is -0.229 e. The van der Waals surface area contributed by atoms with E-state index in [1.165, 1.54) is 11.1 Å². The summed E-state index contributed by atoms with van der Waals surface area (Å²) in [6, 6.07) is 8.72. The van der Waals surface area contributed by atoms with Crippen LogP contribution in [0.1, 0.15) is 18.1 Å². The van der Waals surface area contributed by atoms with E-state index in [9.17, 15) is 0 Å². The zero-order valence-corrected chi connectivity index (χ0v) is 8.33. The lowest BCUT2D eigenvalue weighted by Crippen LogP contribution is -1.84. The van der Waals surface area contributed by atoms with Gasteiger partial charge >= 0.3 is 0 Å². The summed E-state index contributed by atoms with van der Waals surface area (Å²) in [6.45, 7) is 4.25. The summed E-state index contributed by atoms with van der Waals surface area (Å²) < 4.78 is 0. The minimum atomic E-state index is 0.917. The van der Waals surface area contributed by atoms with Gasteiger partial charge in [-0.25, -0.2) is 4.99 Å². The van der Waals surface area contributed by atoms with Gasteiger partial charge in [-0.2, -0.15) is 4.99 Å². The van der Waals surface area contributed by atoms with Crippen molar-refractivity contribution < 1.29 is 0 Å². The molecule has 0 radical (unpaired) electrons. The Bertz CT molecular complexity index is 347. The van der Waals surface area contributed by atoms with E-state index < -0.39 is 0 Å². The van der Waals surface area contributed by atoms with E-state index in [4.69, 9.17) is 0 Å². The molecular weight excluding hydrogens is 160 g/mol. The molecule has 0 fully saturated rings. The van der Waals surface area contributed by atoms with Gasteiger partial charge in [-0.1, -0.05) is 13.0 Å². The molecule has 0 aliphatic carbocycles. The van der Waals surface area contributed by atoms with Crippen molar-refractivity contribution in [1.82, 2.24) is 0 Å². The molecule has 1 aromatic carbocycles. The molecule has 13 heavy (non-hydrogen) atoms. The average molecular weight is 174 g/mol. The largest absolute Gasteiger partial charge is 0.229 e. The molecule has 1 rings (SSSR count). The average Bonchev–Trinajstić information content (AvgIpc) is 2.15. The van der Waals surface area contributed by atoms with E-state index in [-0.39, 0.29) is 0 Å². The second kappa shape index (κ2) is 4.58. The highest BCUT2D eigenvalue weighted by Gasteiger charge is 1.95. The number of aliphatic imine (C=N–C) groups is 2. The van der Waals surface area contributed by atoms with Gasteiger partial charge < -0.3 is 0 Å². The van der Waals surface area contributed by atoms with Crippen LogP contribution in [0.5, 0.6) is 0 Å². The van der Waals surface area contributed by atoms with Crippen molar-refractivity contribution in [2.45, 2.75) is 20.3 Å². The van der Waals surface area contributed by atoms with Crippen molar-refractivity contribution in [1.29, 1.82) is 0 Å². The molecule has 0 amide bonds. The minimum absolute atomic E-state index is 0.917. The van der Waals surface area contributed by atoms with Crippen molar-refractivity contribution in [2.24, 2.45) is 9.98 Å². The molecule has 1 aromatic rings. The number of nitrogens with zero attached hydrogens (tertiary/aromatic N) is 2. The first-order chi connectivity index (χ1) is 6.27. The molecule has 2 heteroatoms. The Kier molecular flexibility index (Phi) is 3.41. The van der Waals surface area contributed by atoms with Crippen LogP contribution in [0.4, 0.5) is 5.69 Å². The number of rotatable bonds is 2. The van der Waals surface area contributed by atoms with Gasteiger partial charge in [0.05, 0.1) is 11.7 Å². The van der Waals surface area contributed by atoms with Crippen LogP contribution in [-0.2, 0) is 6.42 Å². The van der Waals surface area contributed by atoms with Crippen LogP contribution in [-0.4, -0.2) is 13.1 Å². The van der Waals surface area contributed by atoms with Crippen molar-refractivity contribution in [3.63, 3.8) is 0 Å². The summed E-state index contributed by atoms with van der Waals surface area (Å²) in [4.78, 5) is 7.73. The van der Waals surface area contributed by atoms with E-state index >= 15 is 0 Å². The fourth-order valence-electron chi connectivity index (χ4n) is 1.25. The Hall–Kier alpha value is -1.40. The van der Waals surface area contributed by atoms with Crippen molar-refractivity contribution in [2.75, 3.05) is 7.05 Å². The molecule has 0 unspecified atom stereocenters. The second-order valence-electron chi connectivity index (χ2n) is 2.90. The molecule has 0 aromatic heterocycles. The standard InChI is InChI=1S/C11H14N2/c1-4-10-5-6-11(7-9(10)2)13-8-12-3/h5-7H,4H2,1-3H3. The van der Waals surface area contributed by atoms with E-state index in [0.29, 0.717) is 0 Å². The van der Waals surface area contributed by atoms with Crippen LogP contribution in [0.15, 0.2) is 28.2 Å². The number of hydrogen-bond acceptors (Lipinski definition) is 2. The smallest absolute Gasteiger partial charge is 0.0946 e. The third-order valence-corrected chi connectivity index (χ3v) is 1.99. The molecule has 0 aliphatic rings. The zero-order chi connectivity index (χ0) is 9.68. The van der Waals surface area contributed by atoms with Crippen LogP contribution in [0.25, 0.3) is 0 Å². The topological polar surface area (TPSA) is 24.7 Å². The highest BCUT2D eigenvalue weighted by molar-refractivity contribution is 5.53. The lowest BCUT2D eigenvalue weighted by atomic mass is 10.1. The van der Waals surface area contributed by atoms with Crippen LogP contribution in [0.2, 0.25) is 0 Å². The first kappa shape index (κ1) is 9.69. The second-order valence-corrected chi connectivity index (χ2v) is 2.90. The lowest BCUT2D eigenvalue weighted by Gasteiger charge is -2.01. The van der Waals surface area contributed by atoms with Crippen LogP contribution >= 0.6 is 0 Å². The Balaban J connectivity index is 3.02. The van der Waals surface area contributed by atoms with Crippen LogP contribution in [0, 0.1) is 6.92 Å². The van der Waals surface area contributed by atoms with Gasteiger partial charge in [0.2, 0.25) is 0 Å². The van der Waals surface area contributed by atoms with Crippen molar-refractivity contribution >= 4 is 11.7 Å². The van der Waals surface area contributed by atoms with Gasteiger partial charge in [-0.15, -0.1) is 0 Å². The number of benzene rings is 1. The summed E-state index contributed by atoms with van der Waals surface area (Å²) in [5.41, 5.74) is 3.56. The van der Waals surface area contributed by atoms with Crippen molar-refractivity contribution in [3.8, 4) is 0 Å². The van der Waals surface area contributed by atoms with E-state index in [0.717, 1.165) is 12.1 Å². The molecule has 0 saturated heterocycles. The summed E-state index contributed by atoms with van der Waals surface area (Å²) in [7, 11) is 1.66. The molecule has 0 spiro atoms. The Labute approximate surface area is 79.0 Å². The maximum Gasteiger partial charge on any atom is 0.0946 e. The predicted octanol–water partition coefficient (Wildman–Crippen LogP) is 2.99. The molecule has 0 atom stereocenters. The fraction of sp³-hybridized carbons (Fsp3) is 0.364. The SMILES string of the molecule is CCc1ccc(N=C=NC)cc1C. The van der Waals surface area contributed by atoms with Gasteiger partial charge in [-0.3, -0.25) is 0 Å². The van der Waals surface area contributed by atoms with Gasteiger partial charge in [0.15, 0.2) is 0 Å². The first-order valence-corrected chi connectivity index (χ1v) is 4.42. The molecule has 0 saturated carbocycles. The monoisotopic (exact) mass is 174 g/mol. The van der Waals surface area contributed by atoms with Crippen LogP contribution < -0.4 is 0 Å². The Morgan fingerprint density at radius 3 is 2.69 bits per heavy atom. The molecule has 2 nitrogen and oxygen atoms in total. The molecule has 0 aliphatic heterocycles. The van der Waals surface area contributed by atoms with E-state index in [1.54, 1.807) is 7.05 Å². The third kappa shape index (κ3) is 2.53. The highest BCUT2D eigenvalue weighted by Crippen LogP contribution is 2.17. The van der Waals surface area contributed by atoms with Gasteiger partial charge in [0, 0.05) is 7.05 Å². The van der Waals surface area contributed by atoms with Gasteiger partial charge in [0.1, 0.15) is 0 Å². The highest BCUT2D eigenvalue weighted by atomic mass is 14.8. The summed E-state index contributed by atoms with van der Waals surface area (Å²) >= 11 is 0. The van der Waals surface area contributed by atoms with E-state index in [1.807, 2.05) is 6.07 Å². The predicted molar refractivity (Wildman–Crippen MR) is 56.0 cm³/mol. The molecule has 0 bridgehead atoms. The quantitative estimate of drug-likeness (QED) is 0.616. The molecule has 0 heterocycles. The molecular formula is C11H14N2. The fourth-order valence-corrected chi connectivity index (χ4v) is 1.25. The first-order valence-electron chi connectivity index (χ1n) is 4.42. The van der Waals surface area contributed by atoms with Crippen molar-refractivity contribution in [3.05, 3.63) is 29.3 Å². The van der Waals surface area contributed by atoms with Crippen LogP contribution in [0.3, 0.4) is 0 Å². The Morgan fingerprint density at radius 2 is 2.15 bits per heavy atom. The maximum atomic E-state index is 4.04.